The molecular formula is C18H24N2O3. The molecule has 0 bridgehead atoms. The van der Waals surface area contributed by atoms with Crippen molar-refractivity contribution >= 4 is 11.8 Å². The van der Waals surface area contributed by atoms with E-state index in [4.69, 9.17) is 0 Å². The van der Waals surface area contributed by atoms with Gasteiger partial charge in [-0.05, 0) is 24.0 Å². The summed E-state index contributed by atoms with van der Waals surface area (Å²) in [6.07, 6.45) is 1.49. The first kappa shape index (κ1) is 16.0. The van der Waals surface area contributed by atoms with E-state index in [0.717, 1.165) is 17.5 Å². The second-order valence-corrected chi connectivity index (χ2v) is 6.80. The average Bonchev–Trinajstić information content (AvgIpc) is 3.12. The fraction of sp³-hybridized carbons (Fsp3) is 0.556. The van der Waals surface area contributed by atoms with E-state index in [-0.39, 0.29) is 23.8 Å². The summed E-state index contributed by atoms with van der Waals surface area (Å²) in [6.45, 7) is 4.35. The molecule has 1 aliphatic carbocycles. The Hall–Kier alpha value is -1.88. The van der Waals surface area contributed by atoms with Crippen LogP contribution in [0.4, 0.5) is 0 Å². The molecule has 0 radical (unpaired) electrons. The molecule has 3 rings (SSSR count). The number of nitrogens with one attached hydrogen (secondary N) is 1. The molecule has 5 heteroatoms. The van der Waals surface area contributed by atoms with Crippen molar-refractivity contribution in [2.45, 2.75) is 51.3 Å². The summed E-state index contributed by atoms with van der Waals surface area (Å²) in [4.78, 5) is 26.6. The molecule has 2 amide bonds. The molecule has 1 aliphatic heterocycles. The number of aliphatic hydroxyl groups is 1. The number of fused-ring (bicyclic) bond motifs is 1. The second kappa shape index (κ2) is 6.32. The van der Waals surface area contributed by atoms with Crippen molar-refractivity contribution in [3.63, 3.8) is 0 Å². The van der Waals surface area contributed by atoms with Gasteiger partial charge in [-0.3, -0.25) is 9.59 Å². The lowest BCUT2D eigenvalue weighted by molar-refractivity contribution is -0.141. The summed E-state index contributed by atoms with van der Waals surface area (Å²) < 4.78 is 0. The van der Waals surface area contributed by atoms with Crippen LogP contribution in [0.15, 0.2) is 24.3 Å². The molecule has 23 heavy (non-hydrogen) atoms. The van der Waals surface area contributed by atoms with Crippen LogP contribution in [0.3, 0.4) is 0 Å². The Morgan fingerprint density at radius 3 is 2.78 bits per heavy atom. The zero-order chi connectivity index (χ0) is 16.6. The van der Waals surface area contributed by atoms with Crippen LogP contribution in [0.1, 0.15) is 43.9 Å². The third kappa shape index (κ3) is 2.98. The zero-order valence-electron chi connectivity index (χ0n) is 13.7. The van der Waals surface area contributed by atoms with Gasteiger partial charge in [-0.25, -0.2) is 0 Å². The molecule has 3 atom stereocenters. The molecule has 0 saturated carbocycles. The van der Waals surface area contributed by atoms with E-state index >= 15 is 0 Å². The molecule has 1 fully saturated rings. The second-order valence-electron chi connectivity index (χ2n) is 6.80. The first-order valence-electron chi connectivity index (χ1n) is 8.35. The summed E-state index contributed by atoms with van der Waals surface area (Å²) >= 11 is 0. The predicted octanol–water partition coefficient (Wildman–Crippen LogP) is 1.41. The summed E-state index contributed by atoms with van der Waals surface area (Å²) in [6, 6.07) is 6.99. The number of aliphatic hydroxyl groups excluding tert-OH is 1. The minimum Gasteiger partial charge on any atom is -0.390 e. The number of rotatable bonds is 3. The Morgan fingerprint density at radius 2 is 2.04 bits per heavy atom. The predicted molar refractivity (Wildman–Crippen MR) is 86.6 cm³/mol. The number of amides is 2. The van der Waals surface area contributed by atoms with Gasteiger partial charge in [0.1, 0.15) is 6.04 Å². The minimum atomic E-state index is -0.605. The first-order valence-corrected chi connectivity index (χ1v) is 8.35. The van der Waals surface area contributed by atoms with Crippen LogP contribution >= 0.6 is 0 Å². The summed E-state index contributed by atoms with van der Waals surface area (Å²) in [5.74, 6) is -0.242. The van der Waals surface area contributed by atoms with Gasteiger partial charge in [-0.1, -0.05) is 38.1 Å². The number of hydrogen-bond donors (Lipinski definition) is 2. The highest BCUT2D eigenvalue weighted by Gasteiger charge is 2.38. The van der Waals surface area contributed by atoms with Crippen molar-refractivity contribution < 1.29 is 14.7 Å². The highest BCUT2D eigenvalue weighted by Crippen LogP contribution is 2.32. The standard InChI is InChI=1S/C18H24N2O3/c1-11(2)18(23)20-9-5-8-14(20)17(22)19-16-13-7-4-3-6-12(13)10-15(16)21/h3-4,6-7,11,14-16,21H,5,8-10H2,1-2H3,(H,19,22)/t14?,15-,16+/m1/s1. The normalized spacial score (nSPS) is 26.4. The highest BCUT2D eigenvalue weighted by molar-refractivity contribution is 5.89. The lowest BCUT2D eigenvalue weighted by atomic mass is 10.1. The van der Waals surface area contributed by atoms with E-state index in [9.17, 15) is 14.7 Å². The van der Waals surface area contributed by atoms with E-state index in [1.165, 1.54) is 0 Å². The fourth-order valence-corrected chi connectivity index (χ4v) is 3.63. The van der Waals surface area contributed by atoms with E-state index in [1.54, 1.807) is 4.90 Å². The first-order chi connectivity index (χ1) is 11.0. The van der Waals surface area contributed by atoms with Crippen molar-refractivity contribution in [3.05, 3.63) is 35.4 Å². The lowest BCUT2D eigenvalue weighted by Crippen LogP contribution is -2.49. The molecule has 1 heterocycles. The maximum atomic E-state index is 12.7. The van der Waals surface area contributed by atoms with E-state index < -0.39 is 12.1 Å². The largest absolute Gasteiger partial charge is 0.390 e. The van der Waals surface area contributed by atoms with Gasteiger partial charge in [-0.15, -0.1) is 0 Å². The number of carbonyl (C=O) groups is 2. The van der Waals surface area contributed by atoms with Gasteiger partial charge in [0.15, 0.2) is 0 Å². The van der Waals surface area contributed by atoms with E-state index in [1.807, 2.05) is 38.1 Å². The van der Waals surface area contributed by atoms with Crippen molar-refractivity contribution in [2.75, 3.05) is 6.54 Å². The summed E-state index contributed by atoms with van der Waals surface area (Å²) in [7, 11) is 0. The quantitative estimate of drug-likeness (QED) is 0.886. The third-order valence-corrected chi connectivity index (χ3v) is 4.83. The Labute approximate surface area is 136 Å². The molecule has 1 aromatic rings. The van der Waals surface area contributed by atoms with Crippen LogP contribution in [0, 0.1) is 5.92 Å². The molecule has 5 nitrogen and oxygen atoms in total. The van der Waals surface area contributed by atoms with Crippen LogP contribution in [-0.2, 0) is 16.0 Å². The Bertz CT molecular complexity index is 614. The topological polar surface area (TPSA) is 69.6 Å². The molecule has 0 aromatic heterocycles. The molecule has 1 saturated heterocycles. The zero-order valence-corrected chi connectivity index (χ0v) is 13.7. The number of benzene rings is 1. The smallest absolute Gasteiger partial charge is 0.243 e. The van der Waals surface area contributed by atoms with Crippen molar-refractivity contribution in [1.29, 1.82) is 0 Å². The van der Waals surface area contributed by atoms with Crippen LogP contribution in [0.2, 0.25) is 0 Å². The van der Waals surface area contributed by atoms with Crippen LogP contribution in [0.25, 0.3) is 0 Å². The molecule has 1 aromatic carbocycles. The van der Waals surface area contributed by atoms with Gasteiger partial charge in [0, 0.05) is 18.9 Å². The SMILES string of the molecule is CC(C)C(=O)N1CCCC1C(=O)N[C@H]1c2ccccc2C[C@H]1O. The molecule has 0 spiro atoms. The van der Waals surface area contributed by atoms with Crippen molar-refractivity contribution in [2.24, 2.45) is 5.92 Å². The van der Waals surface area contributed by atoms with E-state index in [2.05, 4.69) is 5.32 Å². The molecule has 1 unspecified atom stereocenters. The number of carbonyl (C=O) groups excluding carboxylic acids is 2. The van der Waals surface area contributed by atoms with Crippen LogP contribution in [0.5, 0.6) is 0 Å². The fourth-order valence-electron chi connectivity index (χ4n) is 3.63. The van der Waals surface area contributed by atoms with Gasteiger partial charge in [0.25, 0.3) is 0 Å². The maximum Gasteiger partial charge on any atom is 0.243 e. The Balaban J connectivity index is 1.73. The number of likely N-dealkylation sites (tertiary alicyclic amines) is 1. The number of hydrogen-bond acceptors (Lipinski definition) is 3. The number of nitrogens with zero attached hydrogens (tertiary/aromatic N) is 1. The van der Waals surface area contributed by atoms with Gasteiger partial charge >= 0.3 is 0 Å². The highest BCUT2D eigenvalue weighted by atomic mass is 16.3. The Morgan fingerprint density at radius 1 is 1.30 bits per heavy atom. The van der Waals surface area contributed by atoms with Crippen LogP contribution in [-0.4, -0.2) is 40.5 Å². The molecular weight excluding hydrogens is 292 g/mol. The van der Waals surface area contributed by atoms with Gasteiger partial charge < -0.3 is 15.3 Å². The van der Waals surface area contributed by atoms with Gasteiger partial charge in [0.2, 0.25) is 11.8 Å². The van der Waals surface area contributed by atoms with Crippen LogP contribution < -0.4 is 5.32 Å². The average molecular weight is 316 g/mol. The Kier molecular flexibility index (Phi) is 4.39. The van der Waals surface area contributed by atoms with Crippen molar-refractivity contribution in [3.8, 4) is 0 Å². The lowest BCUT2D eigenvalue weighted by Gasteiger charge is -2.27. The monoisotopic (exact) mass is 316 g/mol. The minimum absolute atomic E-state index is 0.0232. The maximum absolute atomic E-state index is 12.7. The molecule has 2 aliphatic rings. The summed E-state index contributed by atoms with van der Waals surface area (Å²) in [5.41, 5.74) is 2.06. The van der Waals surface area contributed by atoms with Gasteiger partial charge in [0.05, 0.1) is 12.1 Å². The molecule has 2 N–H and O–H groups in total. The van der Waals surface area contributed by atoms with Crippen molar-refractivity contribution in [1.82, 2.24) is 10.2 Å². The van der Waals surface area contributed by atoms with E-state index in [0.29, 0.717) is 19.4 Å². The molecule has 124 valence electrons. The van der Waals surface area contributed by atoms with Gasteiger partial charge in [-0.2, -0.15) is 0 Å². The third-order valence-electron chi connectivity index (χ3n) is 4.83. The summed E-state index contributed by atoms with van der Waals surface area (Å²) in [5, 5.41) is 13.2.